The number of para-hydroxylation sites is 1. The molecular weight excluding hydrogens is 286 g/mol. The monoisotopic (exact) mass is 301 g/mol. The van der Waals surface area contributed by atoms with Crippen molar-refractivity contribution in [3.8, 4) is 6.07 Å². The van der Waals surface area contributed by atoms with Crippen molar-refractivity contribution in [2.75, 3.05) is 6.54 Å². The minimum Gasteiger partial charge on any atom is -0.255 e. The molecule has 5 nitrogen and oxygen atoms in total. The number of rotatable bonds is 4. The van der Waals surface area contributed by atoms with Crippen molar-refractivity contribution in [1.82, 2.24) is 9.29 Å². The van der Waals surface area contributed by atoms with Crippen LogP contribution in [0.2, 0.25) is 0 Å². The molecule has 3 rings (SSSR count). The summed E-state index contributed by atoms with van der Waals surface area (Å²) in [4.78, 5) is 4.46. The summed E-state index contributed by atoms with van der Waals surface area (Å²) < 4.78 is 27.0. The molecule has 6 heteroatoms. The van der Waals surface area contributed by atoms with Crippen molar-refractivity contribution in [3.63, 3.8) is 0 Å². The third-order valence-corrected chi connectivity index (χ3v) is 5.51. The Labute approximate surface area is 123 Å². The Morgan fingerprint density at radius 3 is 2.86 bits per heavy atom. The van der Waals surface area contributed by atoms with Crippen molar-refractivity contribution >= 4 is 20.9 Å². The van der Waals surface area contributed by atoms with Crippen LogP contribution in [0, 0.1) is 18.3 Å². The number of nitrogens with zero attached hydrogens (tertiary/aromatic N) is 3. The second kappa shape index (κ2) is 5.10. The number of hydrogen-bond acceptors (Lipinski definition) is 4. The quantitative estimate of drug-likeness (QED) is 0.812. The van der Waals surface area contributed by atoms with E-state index >= 15 is 0 Å². The third kappa shape index (κ3) is 2.50. The zero-order valence-corrected chi connectivity index (χ0v) is 12.5. The highest BCUT2D eigenvalue weighted by molar-refractivity contribution is 7.89. The van der Waals surface area contributed by atoms with Gasteiger partial charge in [-0.25, -0.2) is 8.42 Å². The van der Waals surface area contributed by atoms with Gasteiger partial charge in [0.2, 0.25) is 10.0 Å². The molecule has 1 aromatic heterocycles. The van der Waals surface area contributed by atoms with Gasteiger partial charge in [-0.3, -0.25) is 4.98 Å². The van der Waals surface area contributed by atoms with Crippen LogP contribution >= 0.6 is 0 Å². The van der Waals surface area contributed by atoms with Crippen molar-refractivity contribution in [2.45, 2.75) is 30.7 Å². The van der Waals surface area contributed by atoms with E-state index in [1.54, 1.807) is 18.3 Å². The second-order valence-electron chi connectivity index (χ2n) is 5.28. The molecule has 1 aliphatic rings. The highest BCUT2D eigenvalue weighted by Crippen LogP contribution is 2.33. The Bertz CT molecular complexity index is 836. The Morgan fingerprint density at radius 2 is 2.19 bits per heavy atom. The fourth-order valence-electron chi connectivity index (χ4n) is 2.42. The largest absolute Gasteiger partial charge is 0.255 e. The van der Waals surface area contributed by atoms with Gasteiger partial charge in [-0.15, -0.1) is 0 Å². The minimum absolute atomic E-state index is 0.0460. The van der Waals surface area contributed by atoms with Crippen LogP contribution in [0.15, 0.2) is 35.4 Å². The van der Waals surface area contributed by atoms with Crippen LogP contribution in [-0.2, 0) is 10.0 Å². The molecule has 0 amide bonds. The van der Waals surface area contributed by atoms with E-state index in [2.05, 4.69) is 4.98 Å². The van der Waals surface area contributed by atoms with E-state index in [1.165, 1.54) is 4.31 Å². The first-order chi connectivity index (χ1) is 10.0. The lowest BCUT2D eigenvalue weighted by atomic mass is 10.2. The van der Waals surface area contributed by atoms with Gasteiger partial charge in [0.15, 0.2) is 0 Å². The standard InChI is InChI=1S/C15H15N3O2S/c1-11-9-12-3-2-4-14(15(12)17-10-11)21(19,20)18(8-7-16)13-5-6-13/h2-4,9-10,13H,5-6,8H2,1H3. The van der Waals surface area contributed by atoms with Crippen LogP contribution in [0.1, 0.15) is 18.4 Å². The number of fused-ring (bicyclic) bond motifs is 1. The van der Waals surface area contributed by atoms with Crippen LogP contribution in [-0.4, -0.2) is 30.3 Å². The highest BCUT2D eigenvalue weighted by atomic mass is 32.2. The molecule has 0 radical (unpaired) electrons. The zero-order valence-electron chi connectivity index (χ0n) is 11.7. The summed E-state index contributed by atoms with van der Waals surface area (Å²) >= 11 is 0. The molecule has 1 aromatic carbocycles. The lowest BCUT2D eigenvalue weighted by molar-refractivity contribution is 0.439. The molecule has 0 spiro atoms. The van der Waals surface area contributed by atoms with Crippen molar-refractivity contribution in [3.05, 3.63) is 36.0 Å². The van der Waals surface area contributed by atoms with E-state index in [0.29, 0.717) is 5.52 Å². The molecule has 1 saturated carbocycles. The molecule has 108 valence electrons. The summed E-state index contributed by atoms with van der Waals surface area (Å²) in [6.07, 6.45) is 3.30. The van der Waals surface area contributed by atoms with Gasteiger partial charge in [0.25, 0.3) is 0 Å². The van der Waals surface area contributed by atoms with Crippen molar-refractivity contribution in [2.24, 2.45) is 0 Å². The number of benzene rings is 1. The fraction of sp³-hybridized carbons (Fsp3) is 0.333. The van der Waals surface area contributed by atoms with Gasteiger partial charge < -0.3 is 0 Å². The number of aromatic nitrogens is 1. The average Bonchev–Trinajstić information content (AvgIpc) is 3.28. The molecular formula is C15H15N3O2S. The molecule has 21 heavy (non-hydrogen) atoms. The molecule has 0 aliphatic heterocycles. The van der Waals surface area contributed by atoms with Crippen LogP contribution in [0.25, 0.3) is 10.9 Å². The van der Waals surface area contributed by atoms with Gasteiger partial charge >= 0.3 is 0 Å². The van der Waals surface area contributed by atoms with Gasteiger partial charge in [0, 0.05) is 17.6 Å². The van der Waals surface area contributed by atoms with E-state index in [4.69, 9.17) is 5.26 Å². The normalized spacial score (nSPS) is 15.3. The number of aryl methyl sites for hydroxylation is 1. The van der Waals surface area contributed by atoms with Gasteiger partial charge in [0.05, 0.1) is 11.6 Å². The number of sulfonamides is 1. The second-order valence-corrected chi connectivity index (χ2v) is 7.14. The number of nitriles is 1. The SMILES string of the molecule is Cc1cnc2c(S(=O)(=O)N(CC#N)C3CC3)cccc2c1. The summed E-state index contributed by atoms with van der Waals surface area (Å²) in [5.41, 5.74) is 1.44. The first-order valence-corrected chi connectivity index (χ1v) is 8.22. The predicted molar refractivity (Wildman–Crippen MR) is 79.0 cm³/mol. The van der Waals surface area contributed by atoms with E-state index < -0.39 is 10.0 Å². The first-order valence-electron chi connectivity index (χ1n) is 6.78. The molecule has 1 aliphatic carbocycles. The van der Waals surface area contributed by atoms with Crippen molar-refractivity contribution < 1.29 is 8.42 Å². The molecule has 0 saturated heterocycles. The maximum Gasteiger partial charge on any atom is 0.246 e. The number of pyridine rings is 1. The smallest absolute Gasteiger partial charge is 0.246 e. The van der Waals surface area contributed by atoms with Crippen LogP contribution in [0.3, 0.4) is 0 Å². The summed E-state index contributed by atoms with van der Waals surface area (Å²) in [6, 6.07) is 8.94. The molecule has 0 N–H and O–H groups in total. The Balaban J connectivity index is 2.16. The van der Waals surface area contributed by atoms with E-state index in [0.717, 1.165) is 23.8 Å². The molecule has 1 heterocycles. The zero-order chi connectivity index (χ0) is 15.0. The first kappa shape index (κ1) is 14.0. The molecule has 0 atom stereocenters. The summed E-state index contributed by atoms with van der Waals surface area (Å²) in [5, 5.41) is 9.70. The van der Waals surface area contributed by atoms with Crippen molar-refractivity contribution in [1.29, 1.82) is 5.26 Å². The maximum absolute atomic E-state index is 12.8. The molecule has 1 fully saturated rings. The van der Waals surface area contributed by atoms with Crippen LogP contribution < -0.4 is 0 Å². The number of hydrogen-bond donors (Lipinski definition) is 0. The van der Waals surface area contributed by atoms with Crippen LogP contribution in [0.5, 0.6) is 0 Å². The average molecular weight is 301 g/mol. The molecule has 0 bridgehead atoms. The van der Waals surface area contributed by atoms with Gasteiger partial charge in [-0.1, -0.05) is 12.1 Å². The fourth-order valence-corrected chi connectivity index (χ4v) is 4.17. The van der Waals surface area contributed by atoms with Gasteiger partial charge in [-0.05, 0) is 37.5 Å². The highest BCUT2D eigenvalue weighted by Gasteiger charge is 2.38. The third-order valence-electron chi connectivity index (χ3n) is 3.58. The van der Waals surface area contributed by atoms with Crippen LogP contribution in [0.4, 0.5) is 0 Å². The molecule has 2 aromatic rings. The summed E-state index contributed by atoms with van der Waals surface area (Å²) in [6.45, 7) is 1.80. The Hall–Kier alpha value is -1.97. The minimum atomic E-state index is -3.69. The van der Waals surface area contributed by atoms with Gasteiger partial charge in [0.1, 0.15) is 11.4 Å². The lowest BCUT2D eigenvalue weighted by Gasteiger charge is -2.19. The summed E-state index contributed by atoms with van der Waals surface area (Å²) in [7, 11) is -3.69. The lowest BCUT2D eigenvalue weighted by Crippen LogP contribution is -2.33. The maximum atomic E-state index is 12.8. The van der Waals surface area contributed by atoms with E-state index in [-0.39, 0.29) is 17.5 Å². The van der Waals surface area contributed by atoms with E-state index in [9.17, 15) is 8.42 Å². The predicted octanol–water partition coefficient (Wildman–Crippen LogP) is 2.22. The van der Waals surface area contributed by atoms with E-state index in [1.807, 2.05) is 25.1 Å². The summed E-state index contributed by atoms with van der Waals surface area (Å²) in [5.74, 6) is 0. The topological polar surface area (TPSA) is 74.1 Å². The van der Waals surface area contributed by atoms with Gasteiger partial charge in [-0.2, -0.15) is 9.57 Å². The Morgan fingerprint density at radius 1 is 1.43 bits per heavy atom. The molecule has 0 unspecified atom stereocenters. The Kier molecular flexibility index (Phi) is 3.40.